The smallest absolute Gasteiger partial charge is 0.120 e. The summed E-state index contributed by atoms with van der Waals surface area (Å²) in [5.41, 5.74) is 9.14. The fraction of sp³-hybridized carbons (Fsp3) is 0.294. The molecular weight excluding hydrogens is 350 g/mol. The highest BCUT2D eigenvalue weighted by molar-refractivity contribution is 9.10. The topological polar surface area (TPSA) is 35.2 Å². The van der Waals surface area contributed by atoms with Crippen molar-refractivity contribution in [1.29, 1.82) is 0 Å². The molecule has 21 heavy (non-hydrogen) atoms. The van der Waals surface area contributed by atoms with E-state index in [0.717, 1.165) is 38.4 Å². The Balaban J connectivity index is 2.09. The highest BCUT2D eigenvalue weighted by Gasteiger charge is 2.07. The molecule has 0 radical (unpaired) electrons. The number of benzene rings is 2. The number of nitrogens with two attached hydrogens (primary N) is 1. The maximum absolute atomic E-state index is 6.22. The second-order valence-corrected chi connectivity index (χ2v) is 6.58. The van der Waals surface area contributed by atoms with E-state index in [4.69, 9.17) is 22.1 Å². The first-order valence-corrected chi connectivity index (χ1v) is 8.04. The van der Waals surface area contributed by atoms with Crippen LogP contribution in [0.2, 0.25) is 5.02 Å². The number of rotatable bonds is 5. The number of hydrogen-bond donors (Lipinski definition) is 1. The summed E-state index contributed by atoms with van der Waals surface area (Å²) in [6.45, 7) is 4.47. The summed E-state index contributed by atoms with van der Waals surface area (Å²) >= 11 is 9.76. The Kier molecular flexibility index (Phi) is 5.68. The number of hydrogen-bond acceptors (Lipinski definition) is 2. The van der Waals surface area contributed by atoms with Crippen LogP contribution in [0.25, 0.3) is 0 Å². The van der Waals surface area contributed by atoms with Gasteiger partial charge in [-0.15, -0.1) is 0 Å². The zero-order chi connectivity index (χ0) is 15.4. The van der Waals surface area contributed by atoms with Crippen LogP contribution in [0.4, 0.5) is 0 Å². The highest BCUT2D eigenvalue weighted by atomic mass is 79.9. The van der Waals surface area contributed by atoms with Gasteiger partial charge >= 0.3 is 0 Å². The molecule has 0 heterocycles. The SMILES string of the molecule is Cc1ccc(COc2ccc(Br)c(CC(C)N)c2)c(Cl)c1. The lowest BCUT2D eigenvalue weighted by atomic mass is 10.1. The van der Waals surface area contributed by atoms with Crippen molar-refractivity contribution in [1.82, 2.24) is 0 Å². The summed E-state index contributed by atoms with van der Waals surface area (Å²) in [7, 11) is 0. The molecule has 0 saturated carbocycles. The lowest BCUT2D eigenvalue weighted by molar-refractivity contribution is 0.306. The third-order valence-electron chi connectivity index (χ3n) is 3.16. The Labute approximate surface area is 139 Å². The molecule has 0 amide bonds. The van der Waals surface area contributed by atoms with E-state index < -0.39 is 0 Å². The van der Waals surface area contributed by atoms with Crippen molar-refractivity contribution in [2.45, 2.75) is 32.9 Å². The predicted molar refractivity (Wildman–Crippen MR) is 92.0 cm³/mol. The Morgan fingerprint density at radius 3 is 2.62 bits per heavy atom. The monoisotopic (exact) mass is 367 g/mol. The van der Waals surface area contributed by atoms with Gasteiger partial charge in [0, 0.05) is 21.1 Å². The molecule has 0 aliphatic heterocycles. The van der Waals surface area contributed by atoms with Gasteiger partial charge in [-0.05, 0) is 55.7 Å². The normalized spacial score (nSPS) is 12.2. The zero-order valence-corrected chi connectivity index (χ0v) is 14.5. The van der Waals surface area contributed by atoms with Crippen LogP contribution in [0, 0.1) is 6.92 Å². The minimum absolute atomic E-state index is 0.114. The Hall–Kier alpha value is -1.03. The van der Waals surface area contributed by atoms with Gasteiger partial charge in [0.15, 0.2) is 0 Å². The molecule has 2 N–H and O–H groups in total. The van der Waals surface area contributed by atoms with Gasteiger partial charge in [0.05, 0.1) is 0 Å². The third-order valence-corrected chi connectivity index (χ3v) is 4.29. The molecule has 0 spiro atoms. The molecule has 1 unspecified atom stereocenters. The molecule has 0 fully saturated rings. The lowest BCUT2D eigenvalue weighted by Crippen LogP contribution is -2.18. The van der Waals surface area contributed by atoms with E-state index in [-0.39, 0.29) is 6.04 Å². The van der Waals surface area contributed by atoms with Crippen molar-refractivity contribution >= 4 is 27.5 Å². The van der Waals surface area contributed by atoms with Crippen LogP contribution in [0.1, 0.15) is 23.6 Å². The molecular formula is C17H19BrClNO. The third kappa shape index (κ3) is 4.73. The van der Waals surface area contributed by atoms with Crippen LogP contribution in [0.3, 0.4) is 0 Å². The summed E-state index contributed by atoms with van der Waals surface area (Å²) in [5, 5.41) is 0.739. The van der Waals surface area contributed by atoms with E-state index in [1.807, 2.05) is 50.2 Å². The molecule has 0 saturated heterocycles. The molecule has 2 rings (SSSR count). The minimum atomic E-state index is 0.114. The van der Waals surface area contributed by atoms with Crippen LogP contribution in [-0.2, 0) is 13.0 Å². The van der Waals surface area contributed by atoms with Crippen LogP contribution in [0.5, 0.6) is 5.75 Å². The summed E-state index contributed by atoms with van der Waals surface area (Å²) in [6, 6.07) is 12.1. The minimum Gasteiger partial charge on any atom is -0.489 e. The zero-order valence-electron chi connectivity index (χ0n) is 12.2. The van der Waals surface area contributed by atoms with Crippen molar-refractivity contribution in [3.63, 3.8) is 0 Å². The Bertz CT molecular complexity index is 628. The van der Waals surface area contributed by atoms with Gasteiger partial charge in [0.1, 0.15) is 12.4 Å². The van der Waals surface area contributed by atoms with Gasteiger partial charge < -0.3 is 10.5 Å². The van der Waals surface area contributed by atoms with E-state index in [1.165, 1.54) is 0 Å². The van der Waals surface area contributed by atoms with E-state index in [0.29, 0.717) is 6.61 Å². The molecule has 2 nitrogen and oxygen atoms in total. The number of ether oxygens (including phenoxy) is 1. The average molecular weight is 369 g/mol. The Morgan fingerprint density at radius 2 is 1.95 bits per heavy atom. The van der Waals surface area contributed by atoms with Crippen LogP contribution in [0.15, 0.2) is 40.9 Å². The highest BCUT2D eigenvalue weighted by Crippen LogP contribution is 2.25. The average Bonchev–Trinajstić information content (AvgIpc) is 2.40. The fourth-order valence-corrected chi connectivity index (χ4v) is 2.77. The van der Waals surface area contributed by atoms with E-state index in [1.54, 1.807) is 0 Å². The summed E-state index contributed by atoms with van der Waals surface area (Å²) in [4.78, 5) is 0. The van der Waals surface area contributed by atoms with Crippen molar-refractivity contribution in [3.05, 3.63) is 62.6 Å². The van der Waals surface area contributed by atoms with Gasteiger partial charge in [0.2, 0.25) is 0 Å². The molecule has 2 aromatic carbocycles. The quantitative estimate of drug-likeness (QED) is 0.816. The molecule has 0 aliphatic rings. The second-order valence-electron chi connectivity index (χ2n) is 5.32. The van der Waals surface area contributed by atoms with Crippen molar-refractivity contribution in [2.75, 3.05) is 0 Å². The van der Waals surface area contributed by atoms with Crippen LogP contribution >= 0.6 is 27.5 Å². The second kappa shape index (κ2) is 7.30. The van der Waals surface area contributed by atoms with E-state index >= 15 is 0 Å². The largest absolute Gasteiger partial charge is 0.489 e. The van der Waals surface area contributed by atoms with E-state index in [2.05, 4.69) is 15.9 Å². The van der Waals surface area contributed by atoms with E-state index in [9.17, 15) is 0 Å². The van der Waals surface area contributed by atoms with Gasteiger partial charge in [-0.3, -0.25) is 0 Å². The lowest BCUT2D eigenvalue weighted by Gasteiger charge is -2.12. The first kappa shape index (κ1) is 16.3. The number of aryl methyl sites for hydroxylation is 1. The standard InChI is InChI=1S/C17H19BrClNO/c1-11-3-4-13(17(19)7-11)10-21-15-5-6-16(18)14(9-15)8-12(2)20/h3-7,9,12H,8,10,20H2,1-2H3. The maximum Gasteiger partial charge on any atom is 0.120 e. The molecule has 2 aromatic rings. The van der Waals surface area contributed by atoms with Crippen molar-refractivity contribution < 1.29 is 4.74 Å². The first-order valence-electron chi connectivity index (χ1n) is 6.87. The number of halogens is 2. The molecule has 0 aromatic heterocycles. The molecule has 0 bridgehead atoms. The summed E-state index contributed by atoms with van der Waals surface area (Å²) in [5.74, 6) is 0.825. The molecule has 4 heteroatoms. The molecule has 0 aliphatic carbocycles. The molecule has 112 valence electrons. The Morgan fingerprint density at radius 1 is 1.19 bits per heavy atom. The first-order chi connectivity index (χ1) is 9.95. The fourth-order valence-electron chi connectivity index (χ4n) is 2.07. The van der Waals surface area contributed by atoms with Crippen LogP contribution < -0.4 is 10.5 Å². The summed E-state index contributed by atoms with van der Waals surface area (Å²) < 4.78 is 6.90. The van der Waals surface area contributed by atoms with Gasteiger partial charge in [-0.25, -0.2) is 0 Å². The van der Waals surface area contributed by atoms with Crippen molar-refractivity contribution in [3.8, 4) is 5.75 Å². The van der Waals surface area contributed by atoms with Crippen molar-refractivity contribution in [2.24, 2.45) is 5.73 Å². The van der Waals surface area contributed by atoms with Gasteiger partial charge in [-0.1, -0.05) is 39.7 Å². The maximum atomic E-state index is 6.22. The summed E-state index contributed by atoms with van der Waals surface area (Å²) in [6.07, 6.45) is 0.809. The van der Waals surface area contributed by atoms with Gasteiger partial charge in [0.25, 0.3) is 0 Å². The van der Waals surface area contributed by atoms with Crippen LogP contribution in [-0.4, -0.2) is 6.04 Å². The van der Waals surface area contributed by atoms with Gasteiger partial charge in [-0.2, -0.15) is 0 Å². The predicted octanol–water partition coefficient (Wildman–Crippen LogP) is 4.88. The molecule has 1 atom stereocenters.